The summed E-state index contributed by atoms with van der Waals surface area (Å²) < 4.78 is 0. The summed E-state index contributed by atoms with van der Waals surface area (Å²) in [5.41, 5.74) is 0. The molecule has 0 nitrogen and oxygen atoms in total. The minimum absolute atomic E-state index is 0.859. The predicted octanol–water partition coefficient (Wildman–Crippen LogP) is 3.11. The van der Waals surface area contributed by atoms with Crippen LogP contribution in [0.25, 0.3) is 0 Å². The molecule has 0 aliphatic rings. The molecule has 0 atom stereocenters. The molecule has 52 valence electrons. The van der Waals surface area contributed by atoms with Gasteiger partial charge >= 0.3 is 60.7 Å². The van der Waals surface area contributed by atoms with Crippen LogP contribution in [0.4, 0.5) is 0 Å². The molecule has 2 heteroatoms. The fraction of sp³-hybridized carbons (Fsp3) is 1.00. The van der Waals surface area contributed by atoms with Crippen LogP contribution in [0, 0.1) is 0 Å². The summed E-state index contributed by atoms with van der Waals surface area (Å²) in [6, 6.07) is 0. The van der Waals surface area contributed by atoms with Gasteiger partial charge in [-0.1, -0.05) is 0 Å². The van der Waals surface area contributed by atoms with E-state index in [1.807, 2.05) is 0 Å². The Morgan fingerprint density at radius 1 is 1.00 bits per heavy atom. The molecule has 0 N–H and O–H groups in total. The van der Waals surface area contributed by atoms with Gasteiger partial charge in [-0.05, 0) is 0 Å². The van der Waals surface area contributed by atoms with E-state index in [9.17, 15) is 0 Å². The molecular weight excluding hydrogens is 183 g/mol. The molecule has 0 aliphatic heterocycles. The Kier molecular flexibility index (Phi) is 4.28. The summed E-state index contributed by atoms with van der Waals surface area (Å²) in [6.07, 6.45) is 4.12. The molecule has 0 amide bonds. The summed E-state index contributed by atoms with van der Waals surface area (Å²) in [5, 5.41) is 0. The Balaban J connectivity index is 3.58. The van der Waals surface area contributed by atoms with Gasteiger partial charge in [-0.2, -0.15) is 0 Å². The third-order valence-electron chi connectivity index (χ3n) is 1.90. The van der Waals surface area contributed by atoms with Crippen molar-refractivity contribution in [3.8, 4) is 0 Å². The molecule has 0 fully saturated rings. The van der Waals surface area contributed by atoms with Gasteiger partial charge in [0, 0.05) is 0 Å². The Morgan fingerprint density at radius 2 is 1.25 bits per heavy atom. The molecule has 0 aromatic heterocycles. The van der Waals surface area contributed by atoms with Crippen LogP contribution in [-0.4, -0.2) is 18.5 Å². The van der Waals surface area contributed by atoms with Crippen LogP contribution in [0.3, 0.4) is 0 Å². The number of halogens is 1. The van der Waals surface area contributed by atoms with Crippen molar-refractivity contribution < 1.29 is 0 Å². The average molecular weight is 199 g/mol. The first-order valence-electron chi connectivity index (χ1n) is 3.37. The maximum atomic E-state index is 3.82. The van der Waals surface area contributed by atoms with Gasteiger partial charge in [0.2, 0.25) is 0 Å². The van der Waals surface area contributed by atoms with Crippen molar-refractivity contribution in [2.24, 2.45) is 0 Å². The van der Waals surface area contributed by atoms with Crippen LogP contribution in [0.5, 0.6) is 0 Å². The maximum absolute atomic E-state index is 3.82. The van der Waals surface area contributed by atoms with Gasteiger partial charge in [-0.3, -0.25) is 0 Å². The van der Waals surface area contributed by atoms with Crippen LogP contribution in [0.2, 0.25) is 0 Å². The van der Waals surface area contributed by atoms with E-state index in [0.717, 1.165) is 0 Å². The van der Waals surface area contributed by atoms with E-state index in [0.29, 0.717) is 0 Å². The molecule has 0 aromatic carbocycles. The van der Waals surface area contributed by atoms with Crippen LogP contribution in [0.15, 0.2) is 0 Å². The summed E-state index contributed by atoms with van der Waals surface area (Å²) in [5.74, 6) is -0.859. The molecule has 0 saturated heterocycles. The van der Waals surface area contributed by atoms with Gasteiger partial charge in [0.25, 0.3) is 0 Å². The fourth-order valence-corrected chi connectivity index (χ4v) is 2.25. The van der Waals surface area contributed by atoms with E-state index >= 15 is 0 Å². The average Bonchev–Trinajstić information content (AvgIpc) is 1.87. The zero-order chi connectivity index (χ0) is 6.62. The van der Waals surface area contributed by atoms with Gasteiger partial charge in [-0.15, -0.1) is 0 Å². The zero-order valence-corrected chi connectivity index (χ0v) is 8.59. The Hall–Kier alpha value is 0.910. The molecule has 0 spiro atoms. The quantitative estimate of drug-likeness (QED) is 0.612. The van der Waals surface area contributed by atoms with Crippen molar-refractivity contribution in [1.82, 2.24) is 0 Å². The van der Waals surface area contributed by atoms with Crippen molar-refractivity contribution in [3.05, 3.63) is 0 Å². The standard InChI is InChI=1S/C6H16BrP/c1-4-8(7,5-2)6-3/h8H,4-6H2,1-3H3. The molecule has 0 unspecified atom stereocenters. The first-order chi connectivity index (χ1) is 3.68. The fourth-order valence-electron chi connectivity index (χ4n) is 0.750. The molecule has 8 heavy (non-hydrogen) atoms. The second kappa shape index (κ2) is 3.85. The summed E-state index contributed by atoms with van der Waals surface area (Å²) in [4.78, 5) is 0. The van der Waals surface area contributed by atoms with Crippen LogP contribution in [-0.2, 0) is 0 Å². The van der Waals surface area contributed by atoms with Crippen molar-refractivity contribution in [2.45, 2.75) is 20.8 Å². The SMILES string of the molecule is CC[PH](Br)(CC)CC. The van der Waals surface area contributed by atoms with Crippen molar-refractivity contribution in [2.75, 3.05) is 18.5 Å². The van der Waals surface area contributed by atoms with E-state index in [4.69, 9.17) is 0 Å². The zero-order valence-electron chi connectivity index (χ0n) is 6.00. The van der Waals surface area contributed by atoms with E-state index in [1.54, 1.807) is 0 Å². The second-order valence-electron chi connectivity index (χ2n) is 2.21. The summed E-state index contributed by atoms with van der Waals surface area (Å²) in [6.45, 7) is 6.86. The van der Waals surface area contributed by atoms with Crippen LogP contribution < -0.4 is 0 Å². The van der Waals surface area contributed by atoms with Gasteiger partial charge in [-0.25, -0.2) is 0 Å². The predicted molar refractivity (Wildman–Crippen MR) is 48.9 cm³/mol. The van der Waals surface area contributed by atoms with Crippen molar-refractivity contribution >= 4 is 21.5 Å². The summed E-state index contributed by atoms with van der Waals surface area (Å²) in [7, 11) is 0. The molecule has 0 heterocycles. The van der Waals surface area contributed by atoms with Gasteiger partial charge in [0.15, 0.2) is 0 Å². The number of rotatable bonds is 3. The van der Waals surface area contributed by atoms with E-state index < -0.39 is 5.96 Å². The molecule has 0 aliphatic carbocycles. The molecule has 0 bridgehead atoms. The Morgan fingerprint density at radius 3 is 1.25 bits per heavy atom. The molecule has 0 aromatic rings. The third-order valence-corrected chi connectivity index (χ3v) is 10.7. The second-order valence-corrected chi connectivity index (χ2v) is 11.7. The minimum atomic E-state index is -0.859. The monoisotopic (exact) mass is 198 g/mol. The Bertz CT molecular complexity index is 51.3. The van der Waals surface area contributed by atoms with E-state index in [2.05, 4.69) is 36.3 Å². The normalized spacial score (nSPS) is 14.0. The van der Waals surface area contributed by atoms with Crippen molar-refractivity contribution in [3.63, 3.8) is 0 Å². The van der Waals surface area contributed by atoms with E-state index in [-0.39, 0.29) is 0 Å². The molecule has 0 radical (unpaired) electrons. The van der Waals surface area contributed by atoms with Crippen LogP contribution in [0.1, 0.15) is 20.8 Å². The Labute approximate surface area is 61.1 Å². The first-order valence-corrected chi connectivity index (χ1v) is 8.25. The van der Waals surface area contributed by atoms with Crippen molar-refractivity contribution in [1.29, 1.82) is 0 Å². The molecule has 0 rings (SSSR count). The molecule has 0 saturated carbocycles. The van der Waals surface area contributed by atoms with E-state index in [1.165, 1.54) is 18.5 Å². The molecular formula is C6H16BrP. The van der Waals surface area contributed by atoms with Gasteiger partial charge in [0.1, 0.15) is 0 Å². The third kappa shape index (κ3) is 2.46. The van der Waals surface area contributed by atoms with Gasteiger partial charge in [0.05, 0.1) is 0 Å². The number of hydrogen-bond acceptors (Lipinski definition) is 0. The van der Waals surface area contributed by atoms with Crippen LogP contribution >= 0.6 is 21.5 Å². The summed E-state index contributed by atoms with van der Waals surface area (Å²) >= 11 is 3.82. The topological polar surface area (TPSA) is 0 Å². The number of hydrogen-bond donors (Lipinski definition) is 0. The van der Waals surface area contributed by atoms with Gasteiger partial charge < -0.3 is 0 Å². The first kappa shape index (κ1) is 8.91.